The van der Waals surface area contributed by atoms with Gasteiger partial charge < -0.3 is 10.1 Å². The van der Waals surface area contributed by atoms with Crippen molar-refractivity contribution in [1.82, 2.24) is 5.32 Å². The zero-order valence-electron chi connectivity index (χ0n) is 6.31. The third kappa shape index (κ3) is 3.08. The molecule has 1 rings (SSSR count). The molecule has 1 saturated heterocycles. The normalized spacial score (nSPS) is 23.5. The van der Waals surface area contributed by atoms with E-state index >= 15 is 0 Å². The summed E-state index contributed by atoms with van der Waals surface area (Å²) in [5.74, 6) is 0.126. The molecule has 0 bridgehead atoms. The molecule has 1 N–H and O–H groups in total. The highest BCUT2D eigenvalue weighted by Gasteiger charge is 2.15. The van der Waals surface area contributed by atoms with Crippen molar-refractivity contribution in [2.24, 2.45) is 5.92 Å². The first kappa shape index (κ1) is 8.81. The van der Waals surface area contributed by atoms with Crippen LogP contribution in [0.4, 0.5) is 0 Å². The minimum Gasteiger partial charge on any atom is -0.464 e. The van der Waals surface area contributed by atoms with E-state index in [0.29, 0.717) is 12.5 Å². The van der Waals surface area contributed by atoms with E-state index in [2.05, 4.69) is 5.32 Å². The standard InChI is InChI=1S/C7H12ClNO2/c8-3-7(10)11-5-6-1-2-9-4-6/h6,9H,1-5H2/t6-/m1/s1. The fourth-order valence-electron chi connectivity index (χ4n) is 1.11. The molecule has 1 aliphatic heterocycles. The van der Waals surface area contributed by atoms with Crippen LogP contribution >= 0.6 is 11.6 Å². The van der Waals surface area contributed by atoms with Gasteiger partial charge in [0.25, 0.3) is 0 Å². The number of hydrogen-bond acceptors (Lipinski definition) is 3. The quantitative estimate of drug-likeness (QED) is 0.501. The fourth-order valence-corrected chi connectivity index (χ4v) is 1.18. The van der Waals surface area contributed by atoms with Gasteiger partial charge in [0.2, 0.25) is 0 Å². The highest BCUT2D eigenvalue weighted by Crippen LogP contribution is 2.07. The van der Waals surface area contributed by atoms with Crippen molar-refractivity contribution >= 4 is 17.6 Å². The van der Waals surface area contributed by atoms with Gasteiger partial charge in [-0.05, 0) is 13.0 Å². The fraction of sp³-hybridized carbons (Fsp3) is 0.857. The molecule has 3 nitrogen and oxygen atoms in total. The molecular weight excluding hydrogens is 166 g/mol. The number of hydrogen-bond donors (Lipinski definition) is 1. The molecule has 4 heteroatoms. The van der Waals surface area contributed by atoms with Crippen LogP contribution in [0, 0.1) is 5.92 Å². The van der Waals surface area contributed by atoms with Gasteiger partial charge in [0, 0.05) is 12.5 Å². The van der Waals surface area contributed by atoms with Crippen LogP contribution in [0.15, 0.2) is 0 Å². The molecule has 1 fully saturated rings. The highest BCUT2D eigenvalue weighted by molar-refractivity contribution is 6.26. The Bertz CT molecular complexity index is 134. The Balaban J connectivity index is 2.06. The summed E-state index contributed by atoms with van der Waals surface area (Å²) in [4.78, 5) is 10.6. The van der Waals surface area contributed by atoms with Crippen molar-refractivity contribution in [1.29, 1.82) is 0 Å². The molecule has 0 spiro atoms. The summed E-state index contributed by atoms with van der Waals surface area (Å²) in [6.45, 7) is 2.50. The van der Waals surface area contributed by atoms with Gasteiger partial charge in [-0.25, -0.2) is 0 Å². The van der Waals surface area contributed by atoms with Gasteiger partial charge >= 0.3 is 5.97 Å². The molecule has 0 aromatic carbocycles. The van der Waals surface area contributed by atoms with E-state index < -0.39 is 0 Å². The number of carbonyl (C=O) groups is 1. The second kappa shape index (κ2) is 4.57. The van der Waals surface area contributed by atoms with Crippen LogP contribution < -0.4 is 5.32 Å². The number of esters is 1. The summed E-state index contributed by atoms with van der Waals surface area (Å²) in [6.07, 6.45) is 1.09. The monoisotopic (exact) mass is 177 g/mol. The van der Waals surface area contributed by atoms with Crippen molar-refractivity contribution in [2.45, 2.75) is 6.42 Å². The molecule has 11 heavy (non-hydrogen) atoms. The molecule has 0 saturated carbocycles. The van der Waals surface area contributed by atoms with Crippen molar-refractivity contribution in [3.8, 4) is 0 Å². The zero-order chi connectivity index (χ0) is 8.10. The van der Waals surface area contributed by atoms with Crippen molar-refractivity contribution in [3.63, 3.8) is 0 Å². The highest BCUT2D eigenvalue weighted by atomic mass is 35.5. The first-order valence-corrected chi connectivity index (χ1v) is 4.28. The van der Waals surface area contributed by atoms with Crippen molar-refractivity contribution in [3.05, 3.63) is 0 Å². The Labute approximate surface area is 71.1 Å². The predicted octanol–water partition coefficient (Wildman–Crippen LogP) is 0.378. The number of alkyl halides is 1. The number of rotatable bonds is 3. The van der Waals surface area contributed by atoms with Crippen LogP contribution in [0.5, 0.6) is 0 Å². The Morgan fingerprint density at radius 2 is 2.55 bits per heavy atom. The van der Waals surface area contributed by atoms with E-state index in [4.69, 9.17) is 16.3 Å². The van der Waals surface area contributed by atoms with Crippen molar-refractivity contribution < 1.29 is 9.53 Å². The zero-order valence-corrected chi connectivity index (χ0v) is 7.06. The Kier molecular flexibility index (Phi) is 3.66. The lowest BCUT2D eigenvalue weighted by Gasteiger charge is -2.07. The SMILES string of the molecule is O=C(CCl)OC[C@@H]1CCNC1. The van der Waals surface area contributed by atoms with E-state index in [-0.39, 0.29) is 11.8 Å². The van der Waals surface area contributed by atoms with Gasteiger partial charge in [0.15, 0.2) is 0 Å². The lowest BCUT2D eigenvalue weighted by atomic mass is 10.1. The van der Waals surface area contributed by atoms with E-state index in [1.54, 1.807) is 0 Å². The second-order valence-corrected chi connectivity index (χ2v) is 2.94. The van der Waals surface area contributed by atoms with Gasteiger partial charge in [-0.3, -0.25) is 4.79 Å². The van der Waals surface area contributed by atoms with Crippen LogP contribution in [0.2, 0.25) is 0 Å². The maximum atomic E-state index is 10.6. The summed E-state index contributed by atoms with van der Waals surface area (Å²) >= 11 is 5.25. The van der Waals surface area contributed by atoms with Crippen molar-refractivity contribution in [2.75, 3.05) is 25.6 Å². The van der Waals surface area contributed by atoms with E-state index in [1.807, 2.05) is 0 Å². The minimum atomic E-state index is -0.321. The summed E-state index contributed by atoms with van der Waals surface area (Å²) in [5.41, 5.74) is 0. The summed E-state index contributed by atoms with van der Waals surface area (Å²) in [6, 6.07) is 0. The molecule has 1 heterocycles. The van der Waals surface area contributed by atoms with Crippen LogP contribution in [-0.2, 0) is 9.53 Å². The summed E-state index contributed by atoms with van der Waals surface area (Å²) < 4.78 is 4.86. The molecule has 1 atom stereocenters. The Hall–Kier alpha value is -0.280. The first-order chi connectivity index (χ1) is 5.33. The molecule has 0 radical (unpaired) electrons. The number of ether oxygens (including phenoxy) is 1. The van der Waals surface area contributed by atoms with E-state index in [1.165, 1.54) is 0 Å². The summed E-state index contributed by atoms with van der Waals surface area (Å²) in [5, 5.41) is 3.19. The maximum Gasteiger partial charge on any atom is 0.320 e. The van der Waals surface area contributed by atoms with Gasteiger partial charge in [-0.15, -0.1) is 11.6 Å². The van der Waals surface area contributed by atoms with Crippen LogP contribution in [-0.4, -0.2) is 31.5 Å². The molecule has 0 amide bonds. The molecule has 0 aromatic rings. The number of nitrogens with one attached hydrogen (secondary N) is 1. The Morgan fingerprint density at radius 3 is 3.09 bits per heavy atom. The van der Waals surface area contributed by atoms with Crippen LogP contribution in [0.3, 0.4) is 0 Å². The third-order valence-corrected chi connectivity index (χ3v) is 1.97. The molecule has 0 aromatic heterocycles. The molecule has 64 valence electrons. The average Bonchev–Trinajstić information content (AvgIpc) is 2.52. The van der Waals surface area contributed by atoms with Gasteiger partial charge in [-0.1, -0.05) is 0 Å². The lowest BCUT2D eigenvalue weighted by Crippen LogP contribution is -2.17. The molecule has 1 aliphatic rings. The van der Waals surface area contributed by atoms with Gasteiger partial charge in [0.05, 0.1) is 6.61 Å². The third-order valence-electron chi connectivity index (χ3n) is 1.75. The van der Waals surface area contributed by atoms with E-state index in [0.717, 1.165) is 19.5 Å². The second-order valence-electron chi connectivity index (χ2n) is 2.68. The number of carbonyl (C=O) groups excluding carboxylic acids is 1. The molecule has 0 unspecified atom stereocenters. The lowest BCUT2D eigenvalue weighted by molar-refractivity contribution is -0.141. The predicted molar refractivity (Wildman–Crippen MR) is 42.7 cm³/mol. The van der Waals surface area contributed by atoms with Crippen LogP contribution in [0.1, 0.15) is 6.42 Å². The average molecular weight is 178 g/mol. The van der Waals surface area contributed by atoms with Gasteiger partial charge in [0.1, 0.15) is 5.88 Å². The molecular formula is C7H12ClNO2. The van der Waals surface area contributed by atoms with Crippen LogP contribution in [0.25, 0.3) is 0 Å². The molecule has 0 aliphatic carbocycles. The largest absolute Gasteiger partial charge is 0.464 e. The smallest absolute Gasteiger partial charge is 0.320 e. The van der Waals surface area contributed by atoms with E-state index in [9.17, 15) is 4.79 Å². The Morgan fingerprint density at radius 1 is 1.73 bits per heavy atom. The summed E-state index contributed by atoms with van der Waals surface area (Å²) in [7, 11) is 0. The van der Waals surface area contributed by atoms with Gasteiger partial charge in [-0.2, -0.15) is 0 Å². The minimum absolute atomic E-state index is 0.0415. The maximum absolute atomic E-state index is 10.6. The first-order valence-electron chi connectivity index (χ1n) is 3.75. The topological polar surface area (TPSA) is 38.3 Å². The number of halogens is 1.